The number of nitro groups is 1. The molecule has 0 amide bonds. The number of benzene rings is 1. The van der Waals surface area contributed by atoms with Crippen molar-refractivity contribution in [3.63, 3.8) is 0 Å². The maximum atomic E-state index is 11.6. The molecule has 0 fully saturated rings. The van der Waals surface area contributed by atoms with Crippen LogP contribution in [-0.2, 0) is 20.7 Å². The number of nitro benzene ring substituents is 1. The number of Topliss-reactive ketones (excluding diaryl/α,β-unsaturated/α-hetero) is 1. The number of esters is 1. The first-order valence-electron chi connectivity index (χ1n) is 5.48. The molecule has 0 N–H and O–H groups in total. The fourth-order valence-corrected chi connectivity index (χ4v) is 1.55. The first kappa shape index (κ1) is 15.1. The highest BCUT2D eigenvalue weighted by Crippen LogP contribution is 2.23. The molecule has 0 unspecified atom stereocenters. The van der Waals surface area contributed by atoms with Crippen molar-refractivity contribution in [1.82, 2.24) is 0 Å². The third kappa shape index (κ3) is 4.33. The quantitative estimate of drug-likeness (QED) is 0.358. The van der Waals surface area contributed by atoms with Gasteiger partial charge >= 0.3 is 5.97 Å². The van der Waals surface area contributed by atoms with Gasteiger partial charge in [0.2, 0.25) is 5.78 Å². The van der Waals surface area contributed by atoms with Crippen LogP contribution in [0.5, 0.6) is 0 Å². The Morgan fingerprint density at radius 1 is 1.42 bits per heavy atom. The summed E-state index contributed by atoms with van der Waals surface area (Å²) in [6.07, 6.45) is -0.810. The molecule has 0 atom stereocenters. The Balaban J connectivity index is 2.91. The minimum Gasteiger partial charge on any atom is -0.457 e. The summed E-state index contributed by atoms with van der Waals surface area (Å²) in [4.78, 5) is 33.1. The molecular weight excluding hydrogens is 274 g/mol. The number of ketones is 1. The molecule has 6 nitrogen and oxygen atoms in total. The molecule has 0 saturated heterocycles. The molecule has 19 heavy (non-hydrogen) atoms. The number of nitrogens with zero attached hydrogens (tertiary/aromatic N) is 1. The molecular formula is C12H12ClNO5. The summed E-state index contributed by atoms with van der Waals surface area (Å²) in [6, 6.07) is 3.91. The largest absolute Gasteiger partial charge is 0.457 e. The fraction of sp³-hybridized carbons (Fsp3) is 0.333. The van der Waals surface area contributed by atoms with E-state index in [2.05, 4.69) is 0 Å². The van der Waals surface area contributed by atoms with Gasteiger partial charge in [-0.3, -0.25) is 14.9 Å². The second kappa shape index (κ2) is 6.29. The summed E-state index contributed by atoms with van der Waals surface area (Å²) in [5.74, 6) is -1.83. The summed E-state index contributed by atoms with van der Waals surface area (Å²) in [6.45, 7) is 3.21. The van der Waals surface area contributed by atoms with Crippen molar-refractivity contribution in [3.8, 4) is 0 Å². The number of hydrogen-bond donors (Lipinski definition) is 0. The summed E-state index contributed by atoms with van der Waals surface area (Å²) in [5.41, 5.74) is -0.168. The van der Waals surface area contributed by atoms with Gasteiger partial charge in [0, 0.05) is 23.1 Å². The molecule has 1 rings (SSSR count). The van der Waals surface area contributed by atoms with Crippen LogP contribution in [0.25, 0.3) is 0 Å². The van der Waals surface area contributed by atoms with E-state index in [4.69, 9.17) is 16.3 Å². The Bertz CT molecular complexity index is 527. The third-order valence-corrected chi connectivity index (χ3v) is 2.40. The van der Waals surface area contributed by atoms with E-state index in [0.717, 1.165) is 6.07 Å². The fourth-order valence-electron chi connectivity index (χ4n) is 1.38. The molecule has 0 aromatic heterocycles. The predicted octanol–water partition coefficient (Wildman–Crippen LogP) is 2.31. The molecule has 1 aromatic carbocycles. The zero-order valence-corrected chi connectivity index (χ0v) is 11.1. The van der Waals surface area contributed by atoms with E-state index in [1.165, 1.54) is 12.1 Å². The highest BCUT2D eigenvalue weighted by molar-refractivity contribution is 6.34. The Labute approximate surface area is 114 Å². The van der Waals surface area contributed by atoms with Crippen molar-refractivity contribution in [2.45, 2.75) is 26.4 Å². The van der Waals surface area contributed by atoms with Gasteiger partial charge in [0.15, 0.2) is 0 Å². The maximum Gasteiger partial charge on any atom is 0.375 e. The average molecular weight is 286 g/mol. The first-order chi connectivity index (χ1) is 8.81. The SMILES string of the molecule is CC(C)OC(=O)C(=O)Cc1ccc(Cl)cc1[N+](=O)[O-]. The molecule has 0 heterocycles. The second-order valence-corrected chi connectivity index (χ2v) is 4.52. The van der Waals surface area contributed by atoms with Crippen molar-refractivity contribution >= 4 is 29.0 Å². The van der Waals surface area contributed by atoms with Crippen LogP contribution in [-0.4, -0.2) is 22.8 Å². The summed E-state index contributed by atoms with van der Waals surface area (Å²) >= 11 is 5.65. The van der Waals surface area contributed by atoms with Crippen molar-refractivity contribution in [2.75, 3.05) is 0 Å². The van der Waals surface area contributed by atoms with Crippen molar-refractivity contribution in [3.05, 3.63) is 38.9 Å². The van der Waals surface area contributed by atoms with Crippen molar-refractivity contribution in [1.29, 1.82) is 0 Å². The van der Waals surface area contributed by atoms with Gasteiger partial charge in [-0.2, -0.15) is 0 Å². The topological polar surface area (TPSA) is 86.5 Å². The molecule has 102 valence electrons. The van der Waals surface area contributed by atoms with Gasteiger partial charge in [0.05, 0.1) is 11.0 Å². The third-order valence-electron chi connectivity index (χ3n) is 2.17. The van der Waals surface area contributed by atoms with Crippen LogP contribution in [0.3, 0.4) is 0 Å². The molecule has 0 spiro atoms. The predicted molar refractivity (Wildman–Crippen MR) is 68.0 cm³/mol. The zero-order chi connectivity index (χ0) is 14.6. The minimum atomic E-state index is -1.00. The van der Waals surface area contributed by atoms with Gasteiger partial charge in [-0.1, -0.05) is 17.7 Å². The van der Waals surface area contributed by atoms with E-state index in [1.54, 1.807) is 13.8 Å². The van der Waals surface area contributed by atoms with E-state index in [9.17, 15) is 19.7 Å². The average Bonchev–Trinajstić information content (AvgIpc) is 2.30. The lowest BCUT2D eigenvalue weighted by Gasteiger charge is -2.07. The Morgan fingerprint density at radius 2 is 2.05 bits per heavy atom. The summed E-state index contributed by atoms with van der Waals surface area (Å²) in [5, 5.41) is 11.0. The van der Waals surface area contributed by atoms with Crippen molar-refractivity contribution < 1.29 is 19.2 Å². The van der Waals surface area contributed by atoms with Crippen LogP contribution in [0.4, 0.5) is 5.69 Å². The zero-order valence-electron chi connectivity index (χ0n) is 10.4. The van der Waals surface area contributed by atoms with Gasteiger partial charge in [-0.05, 0) is 19.9 Å². The van der Waals surface area contributed by atoms with E-state index < -0.39 is 22.8 Å². The van der Waals surface area contributed by atoms with E-state index >= 15 is 0 Å². The summed E-state index contributed by atoms with van der Waals surface area (Å²) in [7, 11) is 0. The lowest BCUT2D eigenvalue weighted by Crippen LogP contribution is -2.23. The second-order valence-electron chi connectivity index (χ2n) is 4.08. The molecule has 0 aliphatic carbocycles. The minimum absolute atomic E-state index is 0.125. The number of carbonyl (C=O) groups is 2. The first-order valence-corrected chi connectivity index (χ1v) is 5.85. The van der Waals surface area contributed by atoms with Gasteiger partial charge in [-0.25, -0.2) is 4.79 Å². The van der Waals surface area contributed by atoms with Crippen LogP contribution in [0, 0.1) is 10.1 Å². The van der Waals surface area contributed by atoms with Crippen LogP contribution in [0.2, 0.25) is 5.02 Å². The molecule has 0 radical (unpaired) electrons. The van der Waals surface area contributed by atoms with Crippen LogP contribution < -0.4 is 0 Å². The standard InChI is InChI=1S/C12H12ClNO5/c1-7(2)19-12(16)11(15)5-8-3-4-9(13)6-10(8)14(17)18/h3-4,6-7H,5H2,1-2H3. The van der Waals surface area contributed by atoms with Gasteiger partial charge in [0.1, 0.15) is 0 Å². The highest BCUT2D eigenvalue weighted by atomic mass is 35.5. The normalized spacial score (nSPS) is 10.3. The molecule has 1 aromatic rings. The van der Waals surface area contributed by atoms with Crippen LogP contribution in [0.15, 0.2) is 18.2 Å². The van der Waals surface area contributed by atoms with Crippen LogP contribution in [0.1, 0.15) is 19.4 Å². The molecule has 0 aliphatic rings. The molecule has 0 aliphatic heterocycles. The summed E-state index contributed by atoms with van der Waals surface area (Å²) < 4.78 is 4.72. The van der Waals surface area contributed by atoms with Crippen LogP contribution >= 0.6 is 11.6 Å². The van der Waals surface area contributed by atoms with E-state index in [-0.39, 0.29) is 22.7 Å². The lowest BCUT2D eigenvalue weighted by atomic mass is 10.1. The Morgan fingerprint density at radius 3 is 2.58 bits per heavy atom. The van der Waals surface area contributed by atoms with Crippen molar-refractivity contribution in [2.24, 2.45) is 0 Å². The smallest absolute Gasteiger partial charge is 0.375 e. The van der Waals surface area contributed by atoms with Gasteiger partial charge in [-0.15, -0.1) is 0 Å². The monoisotopic (exact) mass is 285 g/mol. The maximum absolute atomic E-state index is 11.6. The lowest BCUT2D eigenvalue weighted by molar-refractivity contribution is -0.385. The number of rotatable bonds is 5. The molecule has 0 saturated carbocycles. The molecule has 7 heteroatoms. The highest BCUT2D eigenvalue weighted by Gasteiger charge is 2.22. The number of ether oxygens (including phenoxy) is 1. The molecule has 0 bridgehead atoms. The number of carbonyl (C=O) groups excluding carboxylic acids is 2. The Kier molecular flexibility index (Phi) is 5.00. The van der Waals surface area contributed by atoms with E-state index in [0.29, 0.717) is 0 Å². The number of hydrogen-bond acceptors (Lipinski definition) is 5. The van der Waals surface area contributed by atoms with Gasteiger partial charge < -0.3 is 4.74 Å². The number of halogens is 1. The Hall–Kier alpha value is -1.95. The van der Waals surface area contributed by atoms with E-state index in [1.807, 2.05) is 0 Å². The van der Waals surface area contributed by atoms with Gasteiger partial charge in [0.25, 0.3) is 5.69 Å².